The average Bonchev–Trinajstić information content (AvgIpc) is 3.50. The van der Waals surface area contributed by atoms with Gasteiger partial charge in [0.1, 0.15) is 16.3 Å². The van der Waals surface area contributed by atoms with Gasteiger partial charge in [0.2, 0.25) is 5.91 Å². The van der Waals surface area contributed by atoms with Crippen LogP contribution in [0.1, 0.15) is 33.6 Å². The van der Waals surface area contributed by atoms with E-state index >= 15 is 0 Å². The highest BCUT2D eigenvalue weighted by Gasteiger charge is 2.55. The van der Waals surface area contributed by atoms with Crippen LogP contribution in [0, 0.1) is 11.8 Å². The minimum atomic E-state index is -1.03. The van der Waals surface area contributed by atoms with Crippen molar-refractivity contribution in [3.63, 3.8) is 0 Å². The van der Waals surface area contributed by atoms with Gasteiger partial charge in [0, 0.05) is 10.4 Å². The zero-order chi connectivity index (χ0) is 22.6. The molecule has 2 aliphatic heterocycles. The maximum atomic E-state index is 13.2. The van der Waals surface area contributed by atoms with Gasteiger partial charge in [-0.15, -0.1) is 11.3 Å². The molecular formula is C23H23NO7S. The van der Waals surface area contributed by atoms with Gasteiger partial charge >= 0.3 is 11.9 Å². The molecule has 0 radical (unpaired) electrons. The molecule has 2 saturated heterocycles. The second-order valence-corrected chi connectivity index (χ2v) is 9.39. The molecule has 32 heavy (non-hydrogen) atoms. The summed E-state index contributed by atoms with van der Waals surface area (Å²) in [6.07, 6.45) is 1.96. The number of hydrogen-bond donors (Lipinski definition) is 2. The van der Waals surface area contributed by atoms with Crippen LogP contribution in [0.2, 0.25) is 0 Å². The van der Waals surface area contributed by atoms with Crippen molar-refractivity contribution >= 4 is 34.2 Å². The largest absolute Gasteiger partial charge is 0.497 e. The third-order valence-electron chi connectivity index (χ3n) is 6.67. The lowest BCUT2D eigenvalue weighted by Gasteiger charge is -2.23. The quantitative estimate of drug-likeness (QED) is 0.664. The van der Waals surface area contributed by atoms with Crippen molar-refractivity contribution in [2.24, 2.45) is 11.8 Å². The second-order valence-electron chi connectivity index (χ2n) is 8.29. The van der Waals surface area contributed by atoms with Crippen LogP contribution in [-0.2, 0) is 31.9 Å². The Morgan fingerprint density at radius 1 is 1.12 bits per heavy atom. The maximum absolute atomic E-state index is 13.2. The summed E-state index contributed by atoms with van der Waals surface area (Å²) in [6, 6.07) is 5.72. The van der Waals surface area contributed by atoms with Crippen molar-refractivity contribution in [1.82, 2.24) is 0 Å². The third-order valence-corrected chi connectivity index (χ3v) is 7.84. The smallest absolute Gasteiger partial charge is 0.341 e. The Labute approximate surface area is 188 Å². The van der Waals surface area contributed by atoms with E-state index in [-0.39, 0.29) is 0 Å². The number of amides is 1. The second kappa shape index (κ2) is 7.90. The number of anilines is 1. The lowest BCUT2D eigenvalue weighted by Crippen LogP contribution is -2.41. The van der Waals surface area contributed by atoms with E-state index in [0.29, 0.717) is 23.4 Å². The fourth-order valence-corrected chi connectivity index (χ4v) is 6.44. The van der Waals surface area contributed by atoms with E-state index in [1.807, 2.05) is 18.2 Å². The van der Waals surface area contributed by atoms with Gasteiger partial charge in [-0.25, -0.2) is 4.79 Å². The number of benzene rings is 1. The summed E-state index contributed by atoms with van der Waals surface area (Å²) >= 11 is 1.34. The molecule has 2 fully saturated rings. The van der Waals surface area contributed by atoms with Crippen LogP contribution in [0.5, 0.6) is 5.75 Å². The van der Waals surface area contributed by atoms with E-state index in [0.717, 1.165) is 40.2 Å². The Kier molecular flexibility index (Phi) is 5.17. The van der Waals surface area contributed by atoms with E-state index in [4.69, 9.17) is 14.2 Å². The monoisotopic (exact) mass is 457 g/mol. The first-order valence-electron chi connectivity index (χ1n) is 10.5. The van der Waals surface area contributed by atoms with E-state index in [9.17, 15) is 19.5 Å². The van der Waals surface area contributed by atoms with Gasteiger partial charge in [0.15, 0.2) is 0 Å². The molecule has 3 aliphatic rings. The molecule has 1 amide bonds. The Hall–Kier alpha value is -2.91. The molecule has 2 bridgehead atoms. The molecule has 168 valence electrons. The molecule has 0 unspecified atom stereocenters. The van der Waals surface area contributed by atoms with Crippen molar-refractivity contribution in [2.45, 2.75) is 37.9 Å². The molecular weight excluding hydrogens is 434 g/mol. The number of esters is 1. The summed E-state index contributed by atoms with van der Waals surface area (Å²) in [4.78, 5) is 38.8. The number of fused-ring (bicyclic) bond motifs is 5. The number of carbonyl (C=O) groups is 3. The predicted molar refractivity (Wildman–Crippen MR) is 116 cm³/mol. The predicted octanol–water partition coefficient (Wildman–Crippen LogP) is 3.13. The van der Waals surface area contributed by atoms with E-state index in [1.54, 1.807) is 7.11 Å². The van der Waals surface area contributed by atoms with Crippen LogP contribution in [-0.4, -0.2) is 49.4 Å². The molecule has 8 nitrogen and oxygen atoms in total. The molecule has 5 rings (SSSR count). The standard InChI is InChI=1S/C23H23NO7S/c1-29-11-4-5-12-10(9-11)3-8-15-16(12)19(23(28)30-2)21(32-15)24-20(25)17-13-6-7-14(31-13)18(17)22(26)27/h4-5,9,13-14,17-18H,3,6-8H2,1-2H3,(H,24,25)(H,26,27)/t13-,14-,17+,18+/m1/s1. The molecule has 3 heterocycles. The fourth-order valence-electron chi connectivity index (χ4n) is 5.24. The topological polar surface area (TPSA) is 111 Å². The number of aryl methyl sites for hydroxylation is 2. The fraction of sp³-hybridized carbons (Fsp3) is 0.435. The summed E-state index contributed by atoms with van der Waals surface area (Å²) in [5.74, 6) is -2.92. The molecule has 1 aliphatic carbocycles. The van der Waals surface area contributed by atoms with Crippen molar-refractivity contribution in [1.29, 1.82) is 0 Å². The third kappa shape index (κ3) is 3.18. The zero-order valence-electron chi connectivity index (χ0n) is 17.7. The summed E-state index contributed by atoms with van der Waals surface area (Å²) in [5, 5.41) is 12.9. The summed E-state index contributed by atoms with van der Waals surface area (Å²) in [5.41, 5.74) is 3.05. The minimum Gasteiger partial charge on any atom is -0.497 e. The van der Waals surface area contributed by atoms with Gasteiger partial charge in [0.05, 0.1) is 38.3 Å². The Bertz CT molecular complexity index is 1120. The lowest BCUT2D eigenvalue weighted by atomic mass is 9.78. The van der Waals surface area contributed by atoms with Gasteiger partial charge in [-0.05, 0) is 48.9 Å². The van der Waals surface area contributed by atoms with Crippen LogP contribution in [0.15, 0.2) is 18.2 Å². The van der Waals surface area contributed by atoms with Gasteiger partial charge in [-0.1, -0.05) is 6.07 Å². The average molecular weight is 458 g/mol. The Morgan fingerprint density at radius 2 is 1.88 bits per heavy atom. The molecule has 2 N–H and O–H groups in total. The minimum absolute atomic E-state index is 0.308. The van der Waals surface area contributed by atoms with Crippen LogP contribution in [0.4, 0.5) is 5.00 Å². The number of nitrogens with one attached hydrogen (secondary N) is 1. The maximum Gasteiger partial charge on any atom is 0.341 e. The molecule has 0 spiro atoms. The number of hydrogen-bond acceptors (Lipinski definition) is 7. The molecule has 2 aromatic rings. The Morgan fingerprint density at radius 3 is 2.56 bits per heavy atom. The van der Waals surface area contributed by atoms with Crippen molar-refractivity contribution < 1.29 is 33.7 Å². The molecule has 1 aromatic heterocycles. The van der Waals surface area contributed by atoms with E-state index in [1.165, 1.54) is 18.4 Å². The highest BCUT2D eigenvalue weighted by molar-refractivity contribution is 7.17. The molecule has 4 atom stereocenters. The number of carboxylic acid groups (broad SMARTS) is 1. The number of ether oxygens (including phenoxy) is 3. The summed E-state index contributed by atoms with van der Waals surface area (Å²) in [7, 11) is 2.91. The zero-order valence-corrected chi connectivity index (χ0v) is 18.5. The van der Waals surface area contributed by atoms with Crippen LogP contribution < -0.4 is 10.1 Å². The lowest BCUT2D eigenvalue weighted by molar-refractivity contribution is -0.147. The highest BCUT2D eigenvalue weighted by atomic mass is 32.1. The van der Waals surface area contributed by atoms with Gasteiger partial charge < -0.3 is 24.6 Å². The number of thiophene rings is 1. The van der Waals surface area contributed by atoms with Gasteiger partial charge in [0.25, 0.3) is 0 Å². The van der Waals surface area contributed by atoms with Crippen LogP contribution in [0.25, 0.3) is 11.1 Å². The van der Waals surface area contributed by atoms with E-state index in [2.05, 4.69) is 5.32 Å². The highest BCUT2D eigenvalue weighted by Crippen LogP contribution is 2.48. The molecule has 1 aromatic carbocycles. The molecule has 0 saturated carbocycles. The van der Waals surface area contributed by atoms with Gasteiger partial charge in [-0.3, -0.25) is 9.59 Å². The number of carbonyl (C=O) groups excluding carboxylic acids is 2. The first-order chi connectivity index (χ1) is 15.4. The van der Waals surface area contributed by atoms with Crippen molar-refractivity contribution in [3.05, 3.63) is 34.2 Å². The SMILES string of the molecule is COC(=O)c1c(NC(=O)[C@@H]2[C@@H](C(=O)O)[C@H]3CC[C@H]2O3)sc2c1-c1ccc(OC)cc1CC2. The Balaban J connectivity index is 1.53. The molecule has 9 heteroatoms. The number of rotatable bonds is 5. The van der Waals surface area contributed by atoms with Crippen molar-refractivity contribution in [2.75, 3.05) is 19.5 Å². The van der Waals surface area contributed by atoms with Crippen LogP contribution in [0.3, 0.4) is 0 Å². The first kappa shape index (κ1) is 21.0. The summed E-state index contributed by atoms with van der Waals surface area (Å²) in [6.45, 7) is 0. The number of methoxy groups -OCH3 is 2. The first-order valence-corrected chi connectivity index (χ1v) is 11.3. The van der Waals surface area contributed by atoms with E-state index < -0.39 is 41.9 Å². The summed E-state index contributed by atoms with van der Waals surface area (Å²) < 4.78 is 16.1. The van der Waals surface area contributed by atoms with Crippen molar-refractivity contribution in [3.8, 4) is 16.9 Å². The normalized spacial score (nSPS) is 25.1. The van der Waals surface area contributed by atoms with Gasteiger partial charge in [-0.2, -0.15) is 0 Å². The number of carboxylic acids is 1. The van der Waals surface area contributed by atoms with Crippen LogP contribution >= 0.6 is 11.3 Å². The number of aliphatic carboxylic acids is 1.